The third kappa shape index (κ3) is 5.29. The molecule has 27 heavy (non-hydrogen) atoms. The lowest BCUT2D eigenvalue weighted by Crippen LogP contribution is -2.59. The molecule has 0 saturated carbocycles. The summed E-state index contributed by atoms with van der Waals surface area (Å²) in [6, 6.07) is 8.98. The van der Waals surface area contributed by atoms with Crippen molar-refractivity contribution in [1.29, 1.82) is 0 Å². The Bertz CT molecular complexity index is 658. The highest BCUT2D eigenvalue weighted by Crippen LogP contribution is 2.18. The van der Waals surface area contributed by atoms with Gasteiger partial charge in [0.1, 0.15) is 6.04 Å². The molecule has 2 heterocycles. The second-order valence-electron chi connectivity index (χ2n) is 7.04. The van der Waals surface area contributed by atoms with Crippen molar-refractivity contribution in [2.24, 2.45) is 5.92 Å². The maximum Gasteiger partial charge on any atom is 0.308 e. The quantitative estimate of drug-likeness (QED) is 0.709. The summed E-state index contributed by atoms with van der Waals surface area (Å²) in [5.74, 6) is -0.897. The Morgan fingerprint density at radius 2 is 2.00 bits per heavy atom. The van der Waals surface area contributed by atoms with Crippen LogP contribution in [0.3, 0.4) is 0 Å². The minimum atomic E-state index is -0.780. The van der Waals surface area contributed by atoms with E-state index in [-0.39, 0.29) is 30.8 Å². The fraction of sp³-hybridized carbons (Fsp3) is 0.550. The SMILES string of the molecule is O=C(CC1C(=O)NCCN1C(=O)C1CCCNC1)OCCc1ccccc1. The predicted molar refractivity (Wildman–Crippen MR) is 99.8 cm³/mol. The van der Waals surface area contributed by atoms with Gasteiger partial charge in [-0.3, -0.25) is 14.4 Å². The van der Waals surface area contributed by atoms with Gasteiger partial charge in [-0.25, -0.2) is 0 Å². The smallest absolute Gasteiger partial charge is 0.308 e. The first-order valence-corrected chi connectivity index (χ1v) is 9.63. The van der Waals surface area contributed by atoms with Gasteiger partial charge < -0.3 is 20.3 Å². The van der Waals surface area contributed by atoms with Crippen molar-refractivity contribution in [3.05, 3.63) is 35.9 Å². The Labute approximate surface area is 159 Å². The summed E-state index contributed by atoms with van der Waals surface area (Å²) in [5.41, 5.74) is 1.09. The zero-order valence-corrected chi connectivity index (χ0v) is 15.5. The van der Waals surface area contributed by atoms with Gasteiger partial charge in [-0.15, -0.1) is 0 Å². The van der Waals surface area contributed by atoms with Gasteiger partial charge >= 0.3 is 5.97 Å². The second-order valence-corrected chi connectivity index (χ2v) is 7.04. The molecule has 1 aromatic rings. The monoisotopic (exact) mass is 373 g/mol. The maximum atomic E-state index is 12.8. The lowest BCUT2D eigenvalue weighted by atomic mass is 9.96. The molecule has 7 nitrogen and oxygen atoms in total. The summed E-state index contributed by atoms with van der Waals surface area (Å²) < 4.78 is 5.30. The summed E-state index contributed by atoms with van der Waals surface area (Å²) in [7, 11) is 0. The molecule has 2 unspecified atom stereocenters. The summed E-state index contributed by atoms with van der Waals surface area (Å²) in [6.07, 6.45) is 2.28. The number of rotatable bonds is 6. The normalized spacial score (nSPS) is 22.8. The van der Waals surface area contributed by atoms with Crippen molar-refractivity contribution in [1.82, 2.24) is 15.5 Å². The number of amides is 2. The van der Waals surface area contributed by atoms with Crippen LogP contribution in [0.15, 0.2) is 30.3 Å². The molecule has 2 atom stereocenters. The van der Waals surface area contributed by atoms with E-state index in [4.69, 9.17) is 4.74 Å². The number of carbonyl (C=O) groups is 3. The van der Waals surface area contributed by atoms with Crippen LogP contribution in [-0.2, 0) is 25.5 Å². The van der Waals surface area contributed by atoms with E-state index >= 15 is 0 Å². The highest BCUT2D eigenvalue weighted by Gasteiger charge is 2.38. The number of benzene rings is 1. The van der Waals surface area contributed by atoms with E-state index in [2.05, 4.69) is 10.6 Å². The van der Waals surface area contributed by atoms with Crippen LogP contribution in [0.1, 0.15) is 24.8 Å². The van der Waals surface area contributed by atoms with Gasteiger partial charge in [0.2, 0.25) is 11.8 Å². The molecule has 7 heteroatoms. The average molecular weight is 373 g/mol. The van der Waals surface area contributed by atoms with E-state index in [1.807, 2.05) is 30.3 Å². The molecule has 0 aromatic heterocycles. The second kappa shape index (κ2) is 9.50. The van der Waals surface area contributed by atoms with Crippen molar-refractivity contribution in [3.63, 3.8) is 0 Å². The molecule has 0 spiro atoms. The van der Waals surface area contributed by atoms with E-state index in [0.29, 0.717) is 26.1 Å². The van der Waals surface area contributed by atoms with Crippen molar-refractivity contribution < 1.29 is 19.1 Å². The van der Waals surface area contributed by atoms with Gasteiger partial charge in [0, 0.05) is 26.1 Å². The number of nitrogens with one attached hydrogen (secondary N) is 2. The van der Waals surface area contributed by atoms with E-state index in [9.17, 15) is 14.4 Å². The molecule has 2 aliphatic heterocycles. The molecule has 2 fully saturated rings. The molecule has 2 N–H and O–H groups in total. The number of carbonyl (C=O) groups excluding carboxylic acids is 3. The van der Waals surface area contributed by atoms with Gasteiger partial charge in [0.15, 0.2) is 0 Å². The predicted octanol–water partition coefficient (Wildman–Crippen LogP) is 0.489. The molecule has 2 saturated heterocycles. The Kier molecular flexibility index (Phi) is 6.81. The zero-order valence-electron chi connectivity index (χ0n) is 15.5. The van der Waals surface area contributed by atoms with Crippen LogP contribution in [0.5, 0.6) is 0 Å². The van der Waals surface area contributed by atoms with Gasteiger partial charge in [-0.05, 0) is 24.9 Å². The number of nitrogens with zero attached hydrogens (tertiary/aromatic N) is 1. The molecule has 0 bridgehead atoms. The zero-order chi connectivity index (χ0) is 19.1. The Balaban J connectivity index is 1.53. The molecular formula is C20H27N3O4. The van der Waals surface area contributed by atoms with Crippen molar-refractivity contribution in [2.45, 2.75) is 31.7 Å². The average Bonchev–Trinajstić information content (AvgIpc) is 2.70. The summed E-state index contributed by atoms with van der Waals surface area (Å²) in [6.45, 7) is 2.66. The lowest BCUT2D eigenvalue weighted by Gasteiger charge is -2.37. The maximum absolute atomic E-state index is 12.8. The topological polar surface area (TPSA) is 87.7 Å². The third-order valence-electron chi connectivity index (χ3n) is 5.12. The first kappa shape index (κ1) is 19.4. The number of hydrogen-bond acceptors (Lipinski definition) is 5. The summed E-state index contributed by atoms with van der Waals surface area (Å²) in [4.78, 5) is 38.9. The third-order valence-corrected chi connectivity index (χ3v) is 5.12. The van der Waals surface area contributed by atoms with Gasteiger partial charge in [0.25, 0.3) is 0 Å². The molecule has 0 aliphatic carbocycles. The Morgan fingerprint density at radius 3 is 2.74 bits per heavy atom. The summed E-state index contributed by atoms with van der Waals surface area (Å²) in [5, 5.41) is 5.98. The van der Waals surface area contributed by atoms with E-state index in [0.717, 1.165) is 24.9 Å². The fourth-order valence-electron chi connectivity index (χ4n) is 3.62. The van der Waals surface area contributed by atoms with E-state index in [1.54, 1.807) is 4.90 Å². The van der Waals surface area contributed by atoms with E-state index < -0.39 is 12.0 Å². The van der Waals surface area contributed by atoms with Crippen LogP contribution in [0.25, 0.3) is 0 Å². The minimum absolute atomic E-state index is 0.0425. The lowest BCUT2D eigenvalue weighted by molar-refractivity contribution is -0.153. The summed E-state index contributed by atoms with van der Waals surface area (Å²) >= 11 is 0. The first-order valence-electron chi connectivity index (χ1n) is 9.63. The molecule has 2 aliphatic rings. The molecule has 1 aromatic carbocycles. The fourth-order valence-corrected chi connectivity index (χ4v) is 3.62. The van der Waals surface area contributed by atoms with Crippen LogP contribution in [-0.4, -0.2) is 61.5 Å². The van der Waals surface area contributed by atoms with Gasteiger partial charge in [0.05, 0.1) is 18.9 Å². The first-order chi connectivity index (χ1) is 13.1. The van der Waals surface area contributed by atoms with Crippen molar-refractivity contribution in [2.75, 3.05) is 32.8 Å². The Hall–Kier alpha value is -2.41. The highest BCUT2D eigenvalue weighted by atomic mass is 16.5. The van der Waals surface area contributed by atoms with Crippen LogP contribution in [0.2, 0.25) is 0 Å². The highest BCUT2D eigenvalue weighted by molar-refractivity contribution is 5.92. The number of esters is 1. The largest absolute Gasteiger partial charge is 0.465 e. The van der Waals surface area contributed by atoms with Crippen molar-refractivity contribution >= 4 is 17.8 Å². The van der Waals surface area contributed by atoms with Gasteiger partial charge in [-0.1, -0.05) is 30.3 Å². The van der Waals surface area contributed by atoms with Crippen LogP contribution >= 0.6 is 0 Å². The van der Waals surface area contributed by atoms with Crippen molar-refractivity contribution in [3.8, 4) is 0 Å². The van der Waals surface area contributed by atoms with Crippen LogP contribution in [0, 0.1) is 5.92 Å². The molecule has 0 radical (unpaired) electrons. The van der Waals surface area contributed by atoms with Crippen LogP contribution < -0.4 is 10.6 Å². The Morgan fingerprint density at radius 1 is 1.19 bits per heavy atom. The number of piperidine rings is 1. The number of hydrogen-bond donors (Lipinski definition) is 2. The van der Waals surface area contributed by atoms with E-state index in [1.165, 1.54) is 0 Å². The molecule has 2 amide bonds. The van der Waals surface area contributed by atoms with Gasteiger partial charge in [-0.2, -0.15) is 0 Å². The molecular weight excluding hydrogens is 346 g/mol. The van der Waals surface area contributed by atoms with Crippen LogP contribution in [0.4, 0.5) is 0 Å². The molecule has 3 rings (SSSR count). The minimum Gasteiger partial charge on any atom is -0.465 e. The number of piperazine rings is 1. The number of ether oxygens (including phenoxy) is 1. The standard InChI is InChI=1S/C20H27N3O4/c24-18(27-12-8-15-5-2-1-3-6-15)13-17-19(25)22-10-11-23(17)20(26)16-7-4-9-21-14-16/h1-3,5-6,16-17,21H,4,7-14H2,(H,22,25). The molecule has 146 valence electrons.